The van der Waals surface area contributed by atoms with Crippen molar-refractivity contribution in [3.05, 3.63) is 0 Å². The molecule has 3 nitrogen and oxygen atoms in total. The molecule has 1 N–H and O–H groups in total. The van der Waals surface area contributed by atoms with Crippen molar-refractivity contribution in [2.24, 2.45) is 0 Å². The van der Waals surface area contributed by atoms with Crippen LogP contribution in [0.4, 0.5) is 0 Å². The molecule has 0 aromatic rings. The maximum atomic E-state index is 11.5. The molecule has 3 heteroatoms. The van der Waals surface area contributed by atoms with Crippen LogP contribution in [0.5, 0.6) is 0 Å². The molecule has 0 radical (unpaired) electrons. The molecule has 1 aliphatic heterocycles. The van der Waals surface area contributed by atoms with Crippen molar-refractivity contribution in [1.82, 2.24) is 5.32 Å². The van der Waals surface area contributed by atoms with Crippen LogP contribution >= 0.6 is 0 Å². The first-order valence-electron chi connectivity index (χ1n) is 5.74. The van der Waals surface area contributed by atoms with Crippen LogP contribution in [-0.2, 0) is 9.53 Å². The third kappa shape index (κ3) is 4.09. The van der Waals surface area contributed by atoms with Gasteiger partial charge in [-0.3, -0.25) is 4.79 Å². The van der Waals surface area contributed by atoms with Gasteiger partial charge in [-0.2, -0.15) is 0 Å². The maximum Gasteiger partial charge on any atom is 0.323 e. The van der Waals surface area contributed by atoms with Crippen molar-refractivity contribution in [2.45, 2.75) is 51.5 Å². The zero-order valence-electron chi connectivity index (χ0n) is 9.05. The third-order valence-electron chi connectivity index (χ3n) is 2.59. The van der Waals surface area contributed by atoms with Gasteiger partial charge < -0.3 is 10.1 Å². The Morgan fingerprint density at radius 1 is 1.43 bits per heavy atom. The summed E-state index contributed by atoms with van der Waals surface area (Å²) in [7, 11) is 0. The van der Waals surface area contributed by atoms with E-state index in [-0.39, 0.29) is 12.0 Å². The van der Waals surface area contributed by atoms with Gasteiger partial charge in [-0.05, 0) is 25.8 Å². The minimum Gasteiger partial charge on any atom is -0.465 e. The smallest absolute Gasteiger partial charge is 0.323 e. The lowest BCUT2D eigenvalue weighted by atomic mass is 10.1. The second-order valence-electron chi connectivity index (χ2n) is 3.88. The highest BCUT2D eigenvalue weighted by atomic mass is 16.5. The highest BCUT2D eigenvalue weighted by Crippen LogP contribution is 2.08. The van der Waals surface area contributed by atoms with Crippen molar-refractivity contribution < 1.29 is 9.53 Å². The molecule has 1 aliphatic rings. The molecular weight excluding hydrogens is 178 g/mol. The number of unbranched alkanes of at least 4 members (excludes halogenated alkanes) is 2. The van der Waals surface area contributed by atoms with E-state index in [1.165, 1.54) is 12.8 Å². The number of piperidine rings is 1. The average molecular weight is 199 g/mol. The lowest BCUT2D eigenvalue weighted by Gasteiger charge is -2.21. The van der Waals surface area contributed by atoms with E-state index in [9.17, 15) is 4.79 Å². The van der Waals surface area contributed by atoms with Gasteiger partial charge >= 0.3 is 5.97 Å². The molecule has 1 fully saturated rings. The van der Waals surface area contributed by atoms with E-state index in [1.54, 1.807) is 0 Å². The van der Waals surface area contributed by atoms with Gasteiger partial charge in [0.2, 0.25) is 0 Å². The van der Waals surface area contributed by atoms with Gasteiger partial charge in [0.1, 0.15) is 6.04 Å². The summed E-state index contributed by atoms with van der Waals surface area (Å²) in [5, 5.41) is 3.19. The van der Waals surface area contributed by atoms with Crippen LogP contribution in [0.2, 0.25) is 0 Å². The Morgan fingerprint density at radius 3 is 2.93 bits per heavy atom. The molecule has 1 rings (SSSR count). The Balaban J connectivity index is 2.07. The number of ether oxygens (including phenoxy) is 1. The van der Waals surface area contributed by atoms with Gasteiger partial charge in [0, 0.05) is 0 Å². The predicted octanol–water partition coefficient (Wildman–Crippen LogP) is 1.86. The zero-order chi connectivity index (χ0) is 10.2. The topological polar surface area (TPSA) is 38.3 Å². The van der Waals surface area contributed by atoms with E-state index >= 15 is 0 Å². The molecule has 1 atom stereocenters. The SMILES string of the molecule is CCCCCOC(=O)C1CCCCN1. The predicted molar refractivity (Wildman–Crippen MR) is 56.1 cm³/mol. The summed E-state index contributed by atoms with van der Waals surface area (Å²) >= 11 is 0. The van der Waals surface area contributed by atoms with Gasteiger partial charge in [0.15, 0.2) is 0 Å². The van der Waals surface area contributed by atoms with Crippen molar-refractivity contribution in [3.63, 3.8) is 0 Å². The molecule has 14 heavy (non-hydrogen) atoms. The van der Waals surface area contributed by atoms with Gasteiger partial charge in [-0.1, -0.05) is 26.2 Å². The second kappa shape index (κ2) is 6.82. The molecule has 0 bridgehead atoms. The second-order valence-corrected chi connectivity index (χ2v) is 3.88. The molecule has 82 valence electrons. The van der Waals surface area contributed by atoms with Crippen LogP contribution < -0.4 is 5.32 Å². The number of nitrogens with one attached hydrogen (secondary N) is 1. The van der Waals surface area contributed by atoms with Crippen LogP contribution in [-0.4, -0.2) is 25.2 Å². The Morgan fingerprint density at radius 2 is 2.29 bits per heavy atom. The van der Waals surface area contributed by atoms with Gasteiger partial charge in [0.05, 0.1) is 6.61 Å². The first kappa shape index (κ1) is 11.5. The Kier molecular flexibility index (Phi) is 5.60. The number of hydrogen-bond donors (Lipinski definition) is 1. The molecule has 0 amide bonds. The van der Waals surface area contributed by atoms with Crippen molar-refractivity contribution in [2.75, 3.05) is 13.2 Å². The van der Waals surface area contributed by atoms with Crippen LogP contribution in [0, 0.1) is 0 Å². The van der Waals surface area contributed by atoms with Crippen molar-refractivity contribution in [1.29, 1.82) is 0 Å². The summed E-state index contributed by atoms with van der Waals surface area (Å²) in [6.07, 6.45) is 6.56. The number of carbonyl (C=O) groups is 1. The normalized spacial score (nSPS) is 21.9. The van der Waals surface area contributed by atoms with E-state index in [2.05, 4.69) is 12.2 Å². The molecule has 1 heterocycles. The fourth-order valence-corrected chi connectivity index (χ4v) is 1.68. The summed E-state index contributed by atoms with van der Waals surface area (Å²) < 4.78 is 5.18. The zero-order valence-corrected chi connectivity index (χ0v) is 9.05. The lowest BCUT2D eigenvalue weighted by Crippen LogP contribution is -2.41. The molecule has 1 unspecified atom stereocenters. The summed E-state index contributed by atoms with van der Waals surface area (Å²) in [5.41, 5.74) is 0. The average Bonchev–Trinajstić information content (AvgIpc) is 2.25. The largest absolute Gasteiger partial charge is 0.465 e. The standard InChI is InChI=1S/C11H21NO2/c1-2-3-6-9-14-11(13)10-7-4-5-8-12-10/h10,12H,2-9H2,1H3. The third-order valence-corrected chi connectivity index (χ3v) is 2.59. The highest BCUT2D eigenvalue weighted by molar-refractivity contribution is 5.75. The molecule has 0 spiro atoms. The summed E-state index contributed by atoms with van der Waals surface area (Å²) in [6.45, 7) is 3.68. The van der Waals surface area contributed by atoms with E-state index in [0.29, 0.717) is 6.61 Å². The molecular formula is C11H21NO2. The molecule has 0 aromatic carbocycles. The van der Waals surface area contributed by atoms with E-state index < -0.39 is 0 Å². The summed E-state index contributed by atoms with van der Waals surface area (Å²) in [6, 6.07) is -0.0367. The van der Waals surface area contributed by atoms with E-state index in [1.807, 2.05) is 0 Å². The first-order chi connectivity index (χ1) is 6.84. The van der Waals surface area contributed by atoms with Gasteiger partial charge in [0.25, 0.3) is 0 Å². The van der Waals surface area contributed by atoms with Crippen LogP contribution in [0.3, 0.4) is 0 Å². The van der Waals surface area contributed by atoms with Crippen molar-refractivity contribution in [3.8, 4) is 0 Å². The Labute approximate surface area is 86.2 Å². The maximum absolute atomic E-state index is 11.5. The van der Waals surface area contributed by atoms with Crippen molar-refractivity contribution >= 4 is 5.97 Å². The monoisotopic (exact) mass is 199 g/mol. The van der Waals surface area contributed by atoms with Crippen LogP contribution in [0.25, 0.3) is 0 Å². The minimum absolute atomic E-state index is 0.0367. The lowest BCUT2D eigenvalue weighted by molar-refractivity contribution is -0.146. The highest BCUT2D eigenvalue weighted by Gasteiger charge is 2.21. The van der Waals surface area contributed by atoms with E-state index in [4.69, 9.17) is 4.74 Å². The minimum atomic E-state index is -0.0548. The summed E-state index contributed by atoms with van der Waals surface area (Å²) in [5.74, 6) is -0.0548. The van der Waals surface area contributed by atoms with E-state index in [0.717, 1.165) is 32.2 Å². The molecule has 0 saturated carbocycles. The number of carbonyl (C=O) groups excluding carboxylic acids is 1. The molecule has 0 aromatic heterocycles. The number of esters is 1. The summed E-state index contributed by atoms with van der Waals surface area (Å²) in [4.78, 5) is 11.5. The van der Waals surface area contributed by atoms with Crippen LogP contribution in [0.15, 0.2) is 0 Å². The fourth-order valence-electron chi connectivity index (χ4n) is 1.68. The first-order valence-corrected chi connectivity index (χ1v) is 5.74. The molecule has 1 saturated heterocycles. The quantitative estimate of drug-likeness (QED) is 0.542. The van der Waals surface area contributed by atoms with Crippen LogP contribution in [0.1, 0.15) is 45.4 Å². The Bertz CT molecular complexity index is 165. The number of rotatable bonds is 5. The Hall–Kier alpha value is -0.570. The van der Waals surface area contributed by atoms with Gasteiger partial charge in [-0.25, -0.2) is 0 Å². The fraction of sp³-hybridized carbons (Fsp3) is 0.909. The molecule has 0 aliphatic carbocycles. The van der Waals surface area contributed by atoms with Gasteiger partial charge in [-0.15, -0.1) is 0 Å². The number of hydrogen-bond acceptors (Lipinski definition) is 3.